The van der Waals surface area contributed by atoms with E-state index in [1.54, 1.807) is 12.1 Å². The summed E-state index contributed by atoms with van der Waals surface area (Å²) in [5, 5.41) is 3.39. The first-order valence-corrected chi connectivity index (χ1v) is 10.8. The van der Waals surface area contributed by atoms with Gasteiger partial charge in [-0.05, 0) is 36.1 Å². The number of hydrogen-bond donors (Lipinski definition) is 1. The van der Waals surface area contributed by atoms with Crippen molar-refractivity contribution in [1.82, 2.24) is 5.32 Å². The van der Waals surface area contributed by atoms with E-state index in [4.69, 9.17) is 13.9 Å². The molecule has 7 nitrogen and oxygen atoms in total. The third-order valence-corrected chi connectivity index (χ3v) is 5.04. The van der Waals surface area contributed by atoms with Crippen LogP contribution in [0.5, 0.6) is 5.75 Å². The van der Waals surface area contributed by atoms with E-state index in [1.165, 1.54) is 12.1 Å². The molecule has 0 aliphatic rings. The van der Waals surface area contributed by atoms with Crippen LogP contribution in [0.15, 0.2) is 63.8 Å². The number of alkyl carbamates (subject to hydrolysis) is 1. The average Bonchev–Trinajstić information content (AvgIpc) is 2.80. The Morgan fingerprint density at radius 2 is 1.84 bits per heavy atom. The number of esters is 1. The van der Waals surface area contributed by atoms with Gasteiger partial charge >= 0.3 is 17.7 Å². The van der Waals surface area contributed by atoms with Crippen molar-refractivity contribution in [3.05, 3.63) is 76.1 Å². The van der Waals surface area contributed by atoms with E-state index >= 15 is 0 Å². The fourth-order valence-corrected chi connectivity index (χ4v) is 3.32. The molecule has 2 aromatic carbocycles. The Morgan fingerprint density at radius 3 is 2.56 bits per heavy atom. The molecule has 0 radical (unpaired) electrons. The van der Waals surface area contributed by atoms with Crippen molar-refractivity contribution in [1.29, 1.82) is 0 Å². The van der Waals surface area contributed by atoms with Crippen LogP contribution in [0.25, 0.3) is 11.0 Å². The van der Waals surface area contributed by atoms with Gasteiger partial charge in [-0.25, -0.2) is 14.4 Å². The maximum atomic E-state index is 12.8. The predicted octanol–water partition coefficient (Wildman–Crippen LogP) is 4.75. The van der Waals surface area contributed by atoms with E-state index in [0.717, 1.165) is 29.4 Å². The van der Waals surface area contributed by atoms with Crippen molar-refractivity contribution in [2.75, 3.05) is 0 Å². The summed E-state index contributed by atoms with van der Waals surface area (Å²) < 4.78 is 16.0. The lowest BCUT2D eigenvalue weighted by Gasteiger charge is -2.17. The molecule has 32 heavy (non-hydrogen) atoms. The summed E-state index contributed by atoms with van der Waals surface area (Å²) in [4.78, 5) is 36.8. The van der Waals surface area contributed by atoms with Crippen LogP contribution in [0.4, 0.5) is 4.79 Å². The van der Waals surface area contributed by atoms with Crippen LogP contribution < -0.4 is 15.7 Å². The van der Waals surface area contributed by atoms with Crippen molar-refractivity contribution in [2.45, 2.75) is 52.2 Å². The molecule has 3 rings (SSSR count). The topological polar surface area (TPSA) is 94.8 Å². The van der Waals surface area contributed by atoms with E-state index < -0.39 is 23.7 Å². The van der Waals surface area contributed by atoms with Crippen LogP contribution >= 0.6 is 0 Å². The molecule has 0 saturated carbocycles. The fourth-order valence-electron chi connectivity index (χ4n) is 3.32. The van der Waals surface area contributed by atoms with Crippen molar-refractivity contribution < 1.29 is 23.5 Å². The SMILES string of the molecule is CCCCC(NC(=O)OCc1ccccc1)C(=O)Oc1ccc2c(CC)cc(=O)oc2c1. The monoisotopic (exact) mass is 437 g/mol. The molecule has 0 spiro atoms. The highest BCUT2D eigenvalue weighted by molar-refractivity contribution is 5.85. The van der Waals surface area contributed by atoms with Gasteiger partial charge < -0.3 is 19.2 Å². The lowest BCUT2D eigenvalue weighted by molar-refractivity contribution is -0.136. The number of unbranched alkanes of at least 4 members (excludes halogenated alkanes) is 1. The summed E-state index contributed by atoms with van der Waals surface area (Å²) in [6.07, 6.45) is 1.98. The molecule has 1 N–H and O–H groups in total. The third-order valence-electron chi connectivity index (χ3n) is 5.04. The van der Waals surface area contributed by atoms with Gasteiger partial charge in [0.05, 0.1) is 0 Å². The lowest BCUT2D eigenvalue weighted by Crippen LogP contribution is -2.43. The van der Waals surface area contributed by atoms with Crippen LogP contribution in [0.1, 0.15) is 44.2 Å². The molecule has 0 fully saturated rings. The molecule has 1 unspecified atom stereocenters. The zero-order valence-corrected chi connectivity index (χ0v) is 18.3. The zero-order chi connectivity index (χ0) is 22.9. The number of ether oxygens (including phenoxy) is 2. The Balaban J connectivity index is 1.68. The van der Waals surface area contributed by atoms with Gasteiger partial charge in [0.25, 0.3) is 0 Å². The first-order chi connectivity index (χ1) is 15.5. The number of carbonyl (C=O) groups excluding carboxylic acids is 2. The second-order valence-electron chi connectivity index (χ2n) is 7.42. The Kier molecular flexibility index (Phi) is 8.02. The van der Waals surface area contributed by atoms with Gasteiger partial charge in [-0.3, -0.25) is 0 Å². The summed E-state index contributed by atoms with van der Waals surface area (Å²) in [7, 11) is 0. The molecular formula is C25H27NO6. The number of carbonyl (C=O) groups is 2. The van der Waals surface area contributed by atoms with Crippen LogP contribution in [-0.2, 0) is 22.6 Å². The molecule has 3 aromatic rings. The van der Waals surface area contributed by atoms with E-state index in [1.807, 2.05) is 44.2 Å². The fraction of sp³-hybridized carbons (Fsp3) is 0.320. The molecule has 1 atom stereocenters. The average molecular weight is 437 g/mol. The molecule has 168 valence electrons. The molecule has 1 amide bonds. The second kappa shape index (κ2) is 11.1. The van der Waals surface area contributed by atoms with E-state index in [2.05, 4.69) is 5.32 Å². The summed E-state index contributed by atoms with van der Waals surface area (Å²) in [5.41, 5.74) is 1.60. The zero-order valence-electron chi connectivity index (χ0n) is 18.3. The van der Waals surface area contributed by atoms with Crippen LogP contribution in [0.2, 0.25) is 0 Å². The van der Waals surface area contributed by atoms with Crippen molar-refractivity contribution >= 4 is 23.0 Å². The minimum atomic E-state index is -0.858. The number of rotatable bonds is 9. The molecule has 0 aliphatic carbocycles. The molecule has 0 bridgehead atoms. The minimum Gasteiger partial charge on any atom is -0.445 e. The van der Waals surface area contributed by atoms with Crippen molar-refractivity contribution in [3.63, 3.8) is 0 Å². The number of amides is 1. The standard InChI is InChI=1S/C25H27NO6/c1-3-5-11-21(26-25(29)30-16-17-9-7-6-8-10-17)24(28)31-19-12-13-20-18(4-2)14-23(27)32-22(20)15-19/h6-10,12-15,21H,3-5,11,16H2,1-2H3,(H,26,29). The minimum absolute atomic E-state index is 0.103. The van der Waals surface area contributed by atoms with E-state index in [-0.39, 0.29) is 12.4 Å². The number of fused-ring (bicyclic) bond motifs is 1. The number of benzene rings is 2. The predicted molar refractivity (Wildman–Crippen MR) is 121 cm³/mol. The summed E-state index contributed by atoms with van der Waals surface area (Å²) in [6.45, 7) is 4.04. The number of hydrogen-bond acceptors (Lipinski definition) is 6. The molecular weight excluding hydrogens is 410 g/mol. The highest BCUT2D eigenvalue weighted by Gasteiger charge is 2.23. The summed E-state index contributed by atoms with van der Waals surface area (Å²) in [6, 6.07) is 14.8. The quantitative estimate of drug-likeness (QED) is 0.295. The Bertz CT molecular complexity index is 1120. The van der Waals surface area contributed by atoms with Crippen molar-refractivity contribution in [3.8, 4) is 5.75 Å². The molecule has 7 heteroatoms. The summed E-state index contributed by atoms with van der Waals surface area (Å²) >= 11 is 0. The van der Waals surface area contributed by atoms with Gasteiger partial charge in [0.1, 0.15) is 24.0 Å². The van der Waals surface area contributed by atoms with Gasteiger partial charge in [0.15, 0.2) is 0 Å². The van der Waals surface area contributed by atoms with Gasteiger partial charge in [-0.1, -0.05) is 57.0 Å². The van der Waals surface area contributed by atoms with Gasteiger partial charge in [-0.2, -0.15) is 0 Å². The largest absolute Gasteiger partial charge is 0.445 e. The van der Waals surface area contributed by atoms with Crippen LogP contribution in [-0.4, -0.2) is 18.1 Å². The maximum Gasteiger partial charge on any atom is 0.408 e. The maximum absolute atomic E-state index is 12.8. The Labute approximate surface area is 186 Å². The highest BCUT2D eigenvalue weighted by Crippen LogP contribution is 2.23. The number of aryl methyl sites for hydroxylation is 1. The van der Waals surface area contributed by atoms with Crippen LogP contribution in [0, 0.1) is 0 Å². The summed E-state index contributed by atoms with van der Waals surface area (Å²) in [5.74, 6) is -0.372. The van der Waals surface area contributed by atoms with Crippen LogP contribution in [0.3, 0.4) is 0 Å². The van der Waals surface area contributed by atoms with Gasteiger partial charge in [0, 0.05) is 17.5 Å². The molecule has 1 aromatic heterocycles. The number of nitrogens with one attached hydrogen (secondary N) is 1. The highest BCUT2D eigenvalue weighted by atomic mass is 16.6. The lowest BCUT2D eigenvalue weighted by atomic mass is 10.1. The first-order valence-electron chi connectivity index (χ1n) is 10.8. The van der Waals surface area contributed by atoms with Crippen molar-refractivity contribution in [2.24, 2.45) is 0 Å². The van der Waals surface area contributed by atoms with E-state index in [9.17, 15) is 14.4 Å². The van der Waals surface area contributed by atoms with Gasteiger partial charge in [-0.15, -0.1) is 0 Å². The first kappa shape index (κ1) is 23.1. The molecule has 0 aliphatic heterocycles. The Morgan fingerprint density at radius 1 is 1.06 bits per heavy atom. The normalized spacial score (nSPS) is 11.7. The molecule has 0 saturated heterocycles. The smallest absolute Gasteiger partial charge is 0.408 e. The van der Waals surface area contributed by atoms with Gasteiger partial charge in [0.2, 0.25) is 0 Å². The molecule has 1 heterocycles. The second-order valence-corrected chi connectivity index (χ2v) is 7.42. The third kappa shape index (κ3) is 6.20. The Hall–Kier alpha value is -3.61. The van der Waals surface area contributed by atoms with E-state index in [0.29, 0.717) is 18.4 Å².